The smallest absolute Gasteiger partial charge is 0.263 e. The molecule has 2 aromatic carbocycles. The number of hydrogen-bond donors (Lipinski definition) is 1. The number of pyridine rings is 1. The lowest BCUT2D eigenvalue weighted by atomic mass is 10.1. The van der Waals surface area contributed by atoms with Crippen molar-refractivity contribution in [1.82, 2.24) is 15.2 Å². The summed E-state index contributed by atoms with van der Waals surface area (Å²) in [4.78, 5) is 27.8. The fourth-order valence-electron chi connectivity index (χ4n) is 2.95. The summed E-state index contributed by atoms with van der Waals surface area (Å²) in [5.74, 6) is 0.320. The zero-order valence-electron chi connectivity index (χ0n) is 13.8. The van der Waals surface area contributed by atoms with E-state index < -0.39 is 5.56 Å². The van der Waals surface area contributed by atoms with Gasteiger partial charge in [-0.3, -0.25) is 14.6 Å². The van der Waals surface area contributed by atoms with Gasteiger partial charge in [0.15, 0.2) is 0 Å². The van der Waals surface area contributed by atoms with E-state index in [4.69, 9.17) is 8.83 Å². The molecule has 0 saturated carbocycles. The highest BCUT2D eigenvalue weighted by molar-refractivity contribution is 5.89. The summed E-state index contributed by atoms with van der Waals surface area (Å²) >= 11 is 0. The molecule has 0 unspecified atom stereocenters. The first-order valence-corrected chi connectivity index (χ1v) is 8.19. The molecule has 0 aliphatic rings. The molecule has 5 rings (SSSR count). The molecule has 0 atom stereocenters. The maximum Gasteiger partial charge on any atom is 0.263 e. The first-order valence-electron chi connectivity index (χ1n) is 8.19. The number of nitrogens with zero attached hydrogens (tertiary/aromatic N) is 2. The van der Waals surface area contributed by atoms with Gasteiger partial charge in [0, 0.05) is 5.56 Å². The Balaban J connectivity index is 1.72. The van der Waals surface area contributed by atoms with Crippen molar-refractivity contribution in [3.63, 3.8) is 0 Å². The highest BCUT2D eigenvalue weighted by Gasteiger charge is 2.17. The van der Waals surface area contributed by atoms with Crippen LogP contribution in [-0.4, -0.2) is 15.2 Å². The Hall–Kier alpha value is -4.00. The number of aromatic nitrogens is 3. The van der Waals surface area contributed by atoms with Gasteiger partial charge in [0.05, 0.1) is 10.8 Å². The number of aromatic amines is 1. The third-order valence-corrected chi connectivity index (χ3v) is 4.27. The van der Waals surface area contributed by atoms with Gasteiger partial charge in [-0.05, 0) is 30.3 Å². The zero-order valence-corrected chi connectivity index (χ0v) is 13.8. The van der Waals surface area contributed by atoms with Gasteiger partial charge < -0.3 is 8.83 Å². The van der Waals surface area contributed by atoms with Crippen LogP contribution in [0.25, 0.3) is 45.0 Å². The molecule has 0 bridgehead atoms. The van der Waals surface area contributed by atoms with Crippen molar-refractivity contribution in [1.29, 1.82) is 0 Å². The highest BCUT2D eigenvalue weighted by atomic mass is 16.4. The molecule has 7 nitrogen and oxygen atoms in total. The first-order chi connectivity index (χ1) is 13.2. The van der Waals surface area contributed by atoms with Crippen molar-refractivity contribution in [3.05, 3.63) is 81.2 Å². The topological polar surface area (TPSA) is 102 Å². The van der Waals surface area contributed by atoms with Crippen LogP contribution in [0.2, 0.25) is 0 Å². The quantitative estimate of drug-likeness (QED) is 0.486. The molecule has 0 spiro atoms. The van der Waals surface area contributed by atoms with Crippen molar-refractivity contribution in [2.75, 3.05) is 0 Å². The van der Waals surface area contributed by atoms with E-state index >= 15 is 0 Å². The Labute approximate surface area is 150 Å². The molecule has 0 aliphatic heterocycles. The number of hydrogen-bond acceptors (Lipinski definition) is 6. The molecule has 130 valence electrons. The zero-order chi connectivity index (χ0) is 18.4. The van der Waals surface area contributed by atoms with Crippen LogP contribution in [0.1, 0.15) is 0 Å². The van der Waals surface area contributed by atoms with E-state index in [-0.39, 0.29) is 33.9 Å². The molecule has 0 saturated heterocycles. The van der Waals surface area contributed by atoms with Gasteiger partial charge in [-0.15, -0.1) is 10.2 Å². The van der Waals surface area contributed by atoms with Crippen molar-refractivity contribution in [3.8, 4) is 22.9 Å². The fraction of sp³-hybridized carbons (Fsp3) is 0. The summed E-state index contributed by atoms with van der Waals surface area (Å²) in [5, 5.41) is 8.61. The van der Waals surface area contributed by atoms with Crippen LogP contribution in [0.3, 0.4) is 0 Å². The summed E-state index contributed by atoms with van der Waals surface area (Å²) in [6.45, 7) is 0. The third kappa shape index (κ3) is 2.44. The maximum atomic E-state index is 12.8. The van der Waals surface area contributed by atoms with E-state index in [0.29, 0.717) is 11.0 Å². The van der Waals surface area contributed by atoms with E-state index in [9.17, 15) is 9.59 Å². The number of rotatable bonds is 2. The minimum atomic E-state index is -0.482. The predicted octanol–water partition coefficient (Wildman–Crippen LogP) is 3.35. The molecule has 3 aromatic heterocycles. The average molecular weight is 357 g/mol. The Morgan fingerprint density at radius 1 is 0.778 bits per heavy atom. The Morgan fingerprint density at radius 3 is 2.37 bits per heavy atom. The average Bonchev–Trinajstić information content (AvgIpc) is 3.18. The van der Waals surface area contributed by atoms with E-state index in [2.05, 4.69) is 15.2 Å². The summed E-state index contributed by atoms with van der Waals surface area (Å²) in [7, 11) is 0. The minimum Gasteiger partial charge on any atom is -0.439 e. The van der Waals surface area contributed by atoms with E-state index in [1.807, 2.05) is 30.3 Å². The third-order valence-electron chi connectivity index (χ3n) is 4.27. The van der Waals surface area contributed by atoms with Gasteiger partial charge in [-0.25, -0.2) is 0 Å². The molecule has 7 heteroatoms. The van der Waals surface area contributed by atoms with E-state index in [1.54, 1.807) is 24.3 Å². The Kier molecular flexibility index (Phi) is 3.26. The van der Waals surface area contributed by atoms with Crippen LogP contribution >= 0.6 is 0 Å². The van der Waals surface area contributed by atoms with Gasteiger partial charge in [0.25, 0.3) is 11.4 Å². The van der Waals surface area contributed by atoms with Crippen LogP contribution in [-0.2, 0) is 0 Å². The SMILES string of the molecule is O=c1[nH]c2oc3ccccc3c(=O)c2cc1-c1nnc(-c2ccccc2)o1. The Bertz CT molecular complexity index is 1410. The van der Waals surface area contributed by atoms with E-state index in [1.165, 1.54) is 6.07 Å². The second-order valence-corrected chi connectivity index (χ2v) is 5.96. The van der Waals surface area contributed by atoms with Gasteiger partial charge in [0.1, 0.15) is 11.1 Å². The molecule has 0 fully saturated rings. The molecule has 27 heavy (non-hydrogen) atoms. The number of benzene rings is 2. The van der Waals surface area contributed by atoms with Crippen LogP contribution in [0.4, 0.5) is 0 Å². The van der Waals surface area contributed by atoms with Gasteiger partial charge >= 0.3 is 0 Å². The minimum absolute atomic E-state index is 0.0320. The normalized spacial score (nSPS) is 11.3. The second kappa shape index (κ2) is 5.77. The van der Waals surface area contributed by atoms with Gasteiger partial charge in [-0.2, -0.15) is 0 Å². The van der Waals surface area contributed by atoms with Crippen LogP contribution in [0, 0.1) is 0 Å². The number of H-pyrrole nitrogens is 1. The second-order valence-electron chi connectivity index (χ2n) is 5.96. The fourth-order valence-corrected chi connectivity index (χ4v) is 2.95. The monoisotopic (exact) mass is 357 g/mol. The summed E-state index contributed by atoms with van der Waals surface area (Å²) in [6.07, 6.45) is 0. The molecule has 3 heterocycles. The summed E-state index contributed by atoms with van der Waals surface area (Å²) in [5.41, 5.74) is 0.632. The standard InChI is InChI=1S/C20H11N3O4/c24-16-12-8-4-5-9-15(12)26-19-13(16)10-14(17(25)21-19)20-23-22-18(27-20)11-6-2-1-3-7-11/h1-10H,(H,21,25). The summed E-state index contributed by atoms with van der Waals surface area (Å²) < 4.78 is 11.3. The molecule has 0 aliphatic carbocycles. The predicted molar refractivity (Wildman–Crippen MR) is 99.3 cm³/mol. The number of nitrogens with one attached hydrogen (secondary N) is 1. The highest BCUT2D eigenvalue weighted by Crippen LogP contribution is 2.23. The van der Waals surface area contributed by atoms with Gasteiger partial charge in [0.2, 0.25) is 17.0 Å². The van der Waals surface area contributed by atoms with Crippen LogP contribution in [0.5, 0.6) is 0 Å². The molecular weight excluding hydrogens is 346 g/mol. The lowest BCUT2D eigenvalue weighted by Crippen LogP contribution is -2.13. The van der Waals surface area contributed by atoms with Crippen molar-refractivity contribution in [2.24, 2.45) is 0 Å². The largest absolute Gasteiger partial charge is 0.439 e. The maximum absolute atomic E-state index is 12.8. The molecule has 5 aromatic rings. The number of fused-ring (bicyclic) bond motifs is 2. The van der Waals surface area contributed by atoms with Crippen molar-refractivity contribution in [2.45, 2.75) is 0 Å². The molecule has 1 N–H and O–H groups in total. The van der Waals surface area contributed by atoms with Crippen molar-refractivity contribution >= 4 is 22.1 Å². The summed E-state index contributed by atoms with van der Waals surface area (Å²) in [6, 6.07) is 17.5. The number of para-hydroxylation sites is 1. The Morgan fingerprint density at radius 2 is 1.52 bits per heavy atom. The lowest BCUT2D eigenvalue weighted by molar-refractivity contribution is 0.583. The van der Waals surface area contributed by atoms with Crippen molar-refractivity contribution < 1.29 is 8.83 Å². The molecule has 0 radical (unpaired) electrons. The molecular formula is C20H11N3O4. The molecule has 0 amide bonds. The van der Waals surface area contributed by atoms with E-state index in [0.717, 1.165) is 5.56 Å². The lowest BCUT2D eigenvalue weighted by Gasteiger charge is -2.02. The first kappa shape index (κ1) is 15.3. The van der Waals surface area contributed by atoms with Gasteiger partial charge in [-0.1, -0.05) is 30.3 Å². The van der Waals surface area contributed by atoms with Crippen LogP contribution in [0.15, 0.2) is 79.1 Å². The van der Waals surface area contributed by atoms with Crippen LogP contribution < -0.4 is 11.0 Å².